The van der Waals surface area contributed by atoms with E-state index in [1.165, 1.54) is 12.8 Å². The van der Waals surface area contributed by atoms with Gasteiger partial charge in [-0.2, -0.15) is 0 Å². The van der Waals surface area contributed by atoms with Gasteiger partial charge in [0.1, 0.15) is 0 Å². The fourth-order valence-corrected chi connectivity index (χ4v) is 3.14. The molecule has 1 heterocycles. The summed E-state index contributed by atoms with van der Waals surface area (Å²) in [6.45, 7) is 5.25. The second-order valence-electron chi connectivity index (χ2n) is 5.70. The van der Waals surface area contributed by atoms with Crippen molar-refractivity contribution in [3.05, 3.63) is 47.5 Å². The monoisotopic (exact) mass is 267 g/mol. The summed E-state index contributed by atoms with van der Waals surface area (Å²) in [6, 6.07) is 12.3. The topological polar surface area (TPSA) is 20.3 Å². The zero-order valence-corrected chi connectivity index (χ0v) is 12.1. The normalized spacial score (nSPS) is 15.8. The number of rotatable bonds is 4. The Morgan fingerprint density at radius 1 is 1.10 bits per heavy atom. The number of benzene rings is 2. The highest BCUT2D eigenvalue weighted by molar-refractivity contribution is 6.09. The molecule has 0 amide bonds. The SMILES string of the molecule is Cc1ccc2ccccc2c1C(=O)CCN1CCCC1. The van der Waals surface area contributed by atoms with E-state index in [2.05, 4.69) is 29.2 Å². The van der Waals surface area contributed by atoms with Crippen LogP contribution < -0.4 is 0 Å². The third-order valence-electron chi connectivity index (χ3n) is 4.27. The Morgan fingerprint density at radius 2 is 1.85 bits per heavy atom. The lowest BCUT2D eigenvalue weighted by Crippen LogP contribution is -2.23. The number of carbonyl (C=O) groups is 1. The first-order chi connectivity index (χ1) is 9.75. The molecule has 1 aliphatic heterocycles. The average molecular weight is 267 g/mol. The highest BCUT2D eigenvalue weighted by Crippen LogP contribution is 2.23. The van der Waals surface area contributed by atoms with E-state index in [1.54, 1.807) is 0 Å². The van der Waals surface area contributed by atoms with Gasteiger partial charge in [0.2, 0.25) is 0 Å². The van der Waals surface area contributed by atoms with Crippen LogP contribution in [0.15, 0.2) is 36.4 Å². The molecule has 1 fully saturated rings. The number of nitrogens with zero attached hydrogens (tertiary/aromatic N) is 1. The lowest BCUT2D eigenvalue weighted by atomic mass is 9.95. The fraction of sp³-hybridized carbons (Fsp3) is 0.389. The number of carbonyl (C=O) groups excluding carboxylic acids is 1. The quantitative estimate of drug-likeness (QED) is 0.785. The molecule has 0 aliphatic carbocycles. The maximum absolute atomic E-state index is 12.6. The standard InChI is InChI=1S/C18H21NO/c1-14-8-9-15-6-2-3-7-16(15)18(14)17(20)10-13-19-11-4-5-12-19/h2-3,6-9H,4-5,10-13H2,1H3. The van der Waals surface area contributed by atoms with Crippen LogP contribution in [-0.2, 0) is 0 Å². The van der Waals surface area contributed by atoms with Crippen LogP contribution in [0.1, 0.15) is 35.2 Å². The summed E-state index contributed by atoms with van der Waals surface area (Å²) in [6.07, 6.45) is 3.19. The van der Waals surface area contributed by atoms with Crippen LogP contribution in [0.25, 0.3) is 10.8 Å². The Morgan fingerprint density at radius 3 is 2.65 bits per heavy atom. The third kappa shape index (κ3) is 2.61. The maximum Gasteiger partial charge on any atom is 0.165 e. The molecular formula is C18H21NO. The van der Waals surface area contributed by atoms with E-state index >= 15 is 0 Å². The van der Waals surface area contributed by atoms with E-state index in [0.29, 0.717) is 6.42 Å². The van der Waals surface area contributed by atoms with E-state index in [9.17, 15) is 4.79 Å². The largest absolute Gasteiger partial charge is 0.303 e. The van der Waals surface area contributed by atoms with Gasteiger partial charge in [-0.1, -0.05) is 36.4 Å². The minimum atomic E-state index is 0.284. The predicted octanol–water partition coefficient (Wildman–Crippen LogP) is 3.82. The number of hydrogen-bond donors (Lipinski definition) is 0. The highest BCUT2D eigenvalue weighted by atomic mass is 16.1. The minimum absolute atomic E-state index is 0.284. The summed E-state index contributed by atoms with van der Waals surface area (Å²) in [5, 5.41) is 2.25. The number of Topliss-reactive ketones (excluding diaryl/α,β-unsaturated/α-hetero) is 1. The smallest absolute Gasteiger partial charge is 0.165 e. The van der Waals surface area contributed by atoms with Gasteiger partial charge >= 0.3 is 0 Å². The minimum Gasteiger partial charge on any atom is -0.303 e. The maximum atomic E-state index is 12.6. The van der Waals surface area contributed by atoms with E-state index in [0.717, 1.165) is 41.5 Å². The summed E-state index contributed by atoms with van der Waals surface area (Å²) in [5.41, 5.74) is 2.01. The molecule has 2 nitrogen and oxygen atoms in total. The lowest BCUT2D eigenvalue weighted by Gasteiger charge is -2.15. The molecule has 1 aliphatic rings. The van der Waals surface area contributed by atoms with Crippen molar-refractivity contribution in [1.29, 1.82) is 0 Å². The average Bonchev–Trinajstić information content (AvgIpc) is 2.98. The van der Waals surface area contributed by atoms with Crippen molar-refractivity contribution in [3.63, 3.8) is 0 Å². The number of ketones is 1. The molecule has 3 rings (SSSR count). The molecule has 0 unspecified atom stereocenters. The van der Waals surface area contributed by atoms with Crippen LogP contribution in [0.3, 0.4) is 0 Å². The highest BCUT2D eigenvalue weighted by Gasteiger charge is 2.16. The van der Waals surface area contributed by atoms with E-state index in [4.69, 9.17) is 0 Å². The van der Waals surface area contributed by atoms with E-state index in [-0.39, 0.29) is 5.78 Å². The Balaban J connectivity index is 1.84. The molecule has 0 N–H and O–H groups in total. The molecule has 2 aromatic rings. The van der Waals surface area contributed by atoms with Gasteiger partial charge in [0.05, 0.1) is 0 Å². The van der Waals surface area contributed by atoms with Gasteiger partial charge < -0.3 is 4.90 Å². The molecule has 104 valence electrons. The zero-order chi connectivity index (χ0) is 13.9. The van der Waals surface area contributed by atoms with Gasteiger partial charge in [0, 0.05) is 18.5 Å². The van der Waals surface area contributed by atoms with Crippen LogP contribution in [-0.4, -0.2) is 30.3 Å². The molecule has 2 aromatic carbocycles. The summed E-state index contributed by atoms with van der Waals surface area (Å²) in [4.78, 5) is 15.0. The van der Waals surface area contributed by atoms with Crippen molar-refractivity contribution < 1.29 is 4.79 Å². The second-order valence-corrected chi connectivity index (χ2v) is 5.70. The van der Waals surface area contributed by atoms with Crippen molar-refractivity contribution >= 4 is 16.6 Å². The molecule has 20 heavy (non-hydrogen) atoms. The molecule has 0 aromatic heterocycles. The summed E-state index contributed by atoms with van der Waals surface area (Å²) in [5.74, 6) is 0.284. The van der Waals surface area contributed by atoms with E-state index in [1.807, 2.05) is 19.1 Å². The van der Waals surface area contributed by atoms with Crippen molar-refractivity contribution in [2.75, 3.05) is 19.6 Å². The van der Waals surface area contributed by atoms with Crippen molar-refractivity contribution in [2.45, 2.75) is 26.2 Å². The van der Waals surface area contributed by atoms with Crippen LogP contribution in [0, 0.1) is 6.92 Å². The number of hydrogen-bond acceptors (Lipinski definition) is 2. The fourth-order valence-electron chi connectivity index (χ4n) is 3.14. The van der Waals surface area contributed by atoms with Gasteiger partial charge in [-0.05, 0) is 49.2 Å². The molecule has 1 saturated heterocycles. The summed E-state index contributed by atoms with van der Waals surface area (Å²) in [7, 11) is 0. The molecule has 0 radical (unpaired) electrons. The first-order valence-corrected chi connectivity index (χ1v) is 7.49. The molecular weight excluding hydrogens is 246 g/mol. The Labute approximate surface area is 120 Å². The third-order valence-corrected chi connectivity index (χ3v) is 4.27. The summed E-state index contributed by atoms with van der Waals surface area (Å²) >= 11 is 0. The van der Waals surface area contributed by atoms with E-state index < -0.39 is 0 Å². The van der Waals surface area contributed by atoms with Gasteiger partial charge in [-0.15, -0.1) is 0 Å². The van der Waals surface area contributed by atoms with Crippen LogP contribution >= 0.6 is 0 Å². The number of fused-ring (bicyclic) bond motifs is 1. The number of aryl methyl sites for hydroxylation is 1. The van der Waals surface area contributed by atoms with Gasteiger partial charge in [-0.25, -0.2) is 0 Å². The Bertz CT molecular complexity index is 626. The van der Waals surface area contributed by atoms with Crippen molar-refractivity contribution in [1.82, 2.24) is 4.90 Å². The first-order valence-electron chi connectivity index (χ1n) is 7.49. The molecule has 2 heteroatoms. The predicted molar refractivity (Wildman–Crippen MR) is 83.3 cm³/mol. The summed E-state index contributed by atoms with van der Waals surface area (Å²) < 4.78 is 0. The molecule has 0 atom stereocenters. The molecule has 0 bridgehead atoms. The lowest BCUT2D eigenvalue weighted by molar-refractivity contribution is 0.0970. The molecule has 0 saturated carbocycles. The van der Waals surface area contributed by atoms with Crippen LogP contribution in [0.5, 0.6) is 0 Å². The van der Waals surface area contributed by atoms with Gasteiger partial charge in [-0.3, -0.25) is 4.79 Å². The van der Waals surface area contributed by atoms with Gasteiger partial charge in [0.25, 0.3) is 0 Å². The Hall–Kier alpha value is -1.67. The van der Waals surface area contributed by atoms with Crippen LogP contribution in [0.2, 0.25) is 0 Å². The molecule has 0 spiro atoms. The van der Waals surface area contributed by atoms with Crippen LogP contribution in [0.4, 0.5) is 0 Å². The Kier molecular flexibility index (Phi) is 3.83. The zero-order valence-electron chi connectivity index (χ0n) is 12.1. The van der Waals surface area contributed by atoms with Crippen molar-refractivity contribution in [2.24, 2.45) is 0 Å². The first kappa shape index (κ1) is 13.3. The van der Waals surface area contributed by atoms with Crippen molar-refractivity contribution in [3.8, 4) is 0 Å². The second kappa shape index (κ2) is 5.76. The number of likely N-dealkylation sites (tertiary alicyclic amines) is 1. The van der Waals surface area contributed by atoms with Gasteiger partial charge in [0.15, 0.2) is 5.78 Å².